The highest BCUT2D eigenvalue weighted by atomic mass is 35.5. The molecule has 0 bridgehead atoms. The van der Waals surface area contributed by atoms with Gasteiger partial charge in [-0.05, 0) is 48.0 Å². The van der Waals surface area contributed by atoms with Crippen molar-refractivity contribution in [3.05, 3.63) is 76.2 Å². The second-order valence-corrected chi connectivity index (χ2v) is 8.26. The van der Waals surface area contributed by atoms with Crippen LogP contribution in [0.3, 0.4) is 0 Å². The molecule has 2 N–H and O–H groups in total. The van der Waals surface area contributed by atoms with Gasteiger partial charge in [0.2, 0.25) is 0 Å². The fourth-order valence-corrected chi connectivity index (χ4v) is 3.93. The van der Waals surface area contributed by atoms with E-state index in [1.807, 2.05) is 42.5 Å². The van der Waals surface area contributed by atoms with Gasteiger partial charge in [0.25, 0.3) is 0 Å². The van der Waals surface area contributed by atoms with Crippen molar-refractivity contribution in [3.8, 4) is 11.6 Å². The number of nitrogens with one attached hydrogen (secondary N) is 1. The van der Waals surface area contributed by atoms with Crippen molar-refractivity contribution in [2.24, 2.45) is 0 Å². The monoisotopic (exact) mass is 456 g/mol. The van der Waals surface area contributed by atoms with Crippen LogP contribution in [0.4, 0.5) is 0 Å². The summed E-state index contributed by atoms with van der Waals surface area (Å²) in [7, 11) is 0. The van der Waals surface area contributed by atoms with Crippen molar-refractivity contribution in [2.45, 2.75) is 32.8 Å². The van der Waals surface area contributed by atoms with Gasteiger partial charge >= 0.3 is 0 Å². The Hall–Kier alpha value is -2.73. The Morgan fingerprint density at radius 1 is 1.06 bits per heavy atom. The number of H-pyrrole nitrogens is 1. The number of aromatic amines is 1. The highest BCUT2D eigenvalue weighted by Crippen LogP contribution is 2.32. The lowest BCUT2D eigenvalue weighted by atomic mass is 10.1. The molecule has 7 heteroatoms. The zero-order valence-electron chi connectivity index (χ0n) is 17.1. The van der Waals surface area contributed by atoms with Crippen molar-refractivity contribution in [1.29, 1.82) is 0 Å². The van der Waals surface area contributed by atoms with Crippen molar-refractivity contribution >= 4 is 46.0 Å². The number of rotatable bonds is 5. The van der Waals surface area contributed by atoms with Crippen molar-refractivity contribution in [1.82, 2.24) is 9.97 Å². The Labute approximate surface area is 190 Å². The number of fused-ring (bicyclic) bond motifs is 2. The number of aliphatic hydroxyl groups excluding tert-OH is 1. The number of nitrogens with zero attached hydrogens (tertiary/aromatic N) is 1. The van der Waals surface area contributed by atoms with E-state index in [2.05, 4.69) is 29.9 Å². The topological polar surface area (TPSA) is 75.2 Å². The molecule has 31 heavy (non-hydrogen) atoms. The van der Waals surface area contributed by atoms with Crippen molar-refractivity contribution in [2.75, 3.05) is 0 Å². The van der Waals surface area contributed by atoms with Gasteiger partial charge in [0.15, 0.2) is 11.6 Å². The molecule has 3 heterocycles. The van der Waals surface area contributed by atoms with Crippen molar-refractivity contribution < 1.29 is 13.9 Å². The summed E-state index contributed by atoms with van der Waals surface area (Å²) >= 11 is 6.34. The molecule has 0 spiro atoms. The van der Waals surface area contributed by atoms with E-state index >= 15 is 0 Å². The number of furan rings is 2. The molecule has 2 aromatic carbocycles. The smallest absolute Gasteiger partial charge is 0.174 e. The minimum Gasteiger partial charge on any atom is -0.461 e. The van der Waals surface area contributed by atoms with Crippen LogP contribution in [0.15, 0.2) is 57.4 Å². The molecule has 0 fully saturated rings. The van der Waals surface area contributed by atoms with E-state index in [9.17, 15) is 5.11 Å². The van der Waals surface area contributed by atoms with E-state index < -0.39 is 0 Å². The maximum atomic E-state index is 9.32. The van der Waals surface area contributed by atoms with Crippen LogP contribution in [-0.2, 0) is 13.0 Å². The van der Waals surface area contributed by atoms with Gasteiger partial charge in [-0.2, -0.15) is 0 Å². The zero-order chi connectivity index (χ0) is 20.8. The van der Waals surface area contributed by atoms with Crippen LogP contribution in [0.2, 0.25) is 5.02 Å². The molecule has 5 nitrogen and oxygen atoms in total. The predicted octanol–water partition coefficient (Wildman–Crippen LogP) is 6.85. The standard InChI is InChI=1S/C24H21ClN2O3.ClH/c1-13(2)22-11-16-9-17(25)8-15(23(16)30-22)10-18-4-6-21(29-18)24-26-19-5-3-14(12-28)7-20(19)27-24;/h3-9,11,13,28H,10,12H2,1-2H3,(H,26,27);1H. The molecule has 0 atom stereocenters. The summed E-state index contributed by atoms with van der Waals surface area (Å²) in [6, 6.07) is 15.4. The number of benzene rings is 2. The fraction of sp³-hybridized carbons (Fsp3) is 0.208. The predicted molar refractivity (Wildman–Crippen MR) is 125 cm³/mol. The van der Waals surface area contributed by atoms with Crippen LogP contribution in [0, 0.1) is 0 Å². The van der Waals surface area contributed by atoms with E-state index in [1.165, 1.54) is 0 Å². The third-order valence-corrected chi connectivity index (χ3v) is 5.45. The Morgan fingerprint density at radius 3 is 2.68 bits per heavy atom. The van der Waals surface area contributed by atoms with Gasteiger partial charge in [0.05, 0.1) is 17.6 Å². The molecule has 3 aromatic heterocycles. The maximum absolute atomic E-state index is 9.32. The minimum absolute atomic E-state index is 0. The SMILES string of the molecule is CC(C)c1cc2cc(Cl)cc(Cc3ccc(-c4nc5ccc(CO)cc5[nH]4)o3)c2o1.Cl. The van der Waals surface area contributed by atoms with E-state index in [4.69, 9.17) is 20.4 Å². The zero-order valence-corrected chi connectivity index (χ0v) is 18.7. The Morgan fingerprint density at radius 2 is 1.90 bits per heavy atom. The van der Waals surface area contributed by atoms with E-state index in [0.29, 0.717) is 28.9 Å². The summed E-state index contributed by atoms with van der Waals surface area (Å²) in [5.41, 5.74) is 4.36. The van der Waals surface area contributed by atoms with Gasteiger partial charge in [0, 0.05) is 28.3 Å². The summed E-state index contributed by atoms with van der Waals surface area (Å²) in [5, 5.41) is 11.0. The van der Waals surface area contributed by atoms with Gasteiger partial charge in [0.1, 0.15) is 17.1 Å². The average molecular weight is 457 g/mol. The van der Waals surface area contributed by atoms with Crippen LogP contribution >= 0.6 is 24.0 Å². The number of hydrogen-bond donors (Lipinski definition) is 2. The highest BCUT2D eigenvalue weighted by Gasteiger charge is 2.15. The molecule has 0 radical (unpaired) electrons. The molecule has 0 saturated carbocycles. The lowest BCUT2D eigenvalue weighted by molar-refractivity contribution is 0.282. The second-order valence-electron chi connectivity index (χ2n) is 7.82. The van der Waals surface area contributed by atoms with E-state index in [-0.39, 0.29) is 19.0 Å². The molecule has 0 aliphatic heterocycles. The lowest BCUT2D eigenvalue weighted by Crippen LogP contribution is -1.87. The number of aromatic nitrogens is 2. The Bertz CT molecular complexity index is 1360. The number of aliphatic hydroxyl groups is 1. The number of imidazole rings is 1. The number of halogens is 2. The first kappa shape index (κ1) is 21.5. The first-order valence-corrected chi connectivity index (χ1v) is 10.3. The molecule has 0 amide bonds. The molecule has 0 aliphatic rings. The molecule has 0 unspecified atom stereocenters. The summed E-state index contributed by atoms with van der Waals surface area (Å²) in [6.45, 7) is 4.21. The molecule has 5 rings (SSSR count). The van der Waals surface area contributed by atoms with Crippen LogP contribution in [0.1, 0.15) is 42.4 Å². The largest absolute Gasteiger partial charge is 0.461 e. The summed E-state index contributed by atoms with van der Waals surface area (Å²) in [6.07, 6.45) is 0.566. The molecule has 0 aliphatic carbocycles. The van der Waals surface area contributed by atoms with Gasteiger partial charge in [-0.3, -0.25) is 0 Å². The third kappa shape index (κ3) is 4.09. The Balaban J connectivity index is 0.00000231. The lowest BCUT2D eigenvalue weighted by Gasteiger charge is -2.02. The van der Waals surface area contributed by atoms with Gasteiger partial charge in [-0.1, -0.05) is 31.5 Å². The first-order valence-electron chi connectivity index (χ1n) is 9.90. The molecular formula is C24H22Cl2N2O3. The quantitative estimate of drug-likeness (QED) is 0.303. The minimum atomic E-state index is -0.00536. The van der Waals surface area contributed by atoms with E-state index in [1.54, 1.807) is 0 Å². The fourth-order valence-electron chi connectivity index (χ4n) is 3.68. The molecule has 0 saturated heterocycles. The van der Waals surface area contributed by atoms with Crippen LogP contribution < -0.4 is 0 Å². The van der Waals surface area contributed by atoms with Crippen molar-refractivity contribution in [3.63, 3.8) is 0 Å². The summed E-state index contributed by atoms with van der Waals surface area (Å²) in [4.78, 5) is 7.86. The summed E-state index contributed by atoms with van der Waals surface area (Å²) in [5.74, 6) is 3.36. The molecule has 160 valence electrons. The second kappa shape index (κ2) is 8.42. The molecular weight excluding hydrogens is 435 g/mol. The number of hydrogen-bond acceptors (Lipinski definition) is 4. The van der Waals surface area contributed by atoms with Gasteiger partial charge in [-0.15, -0.1) is 12.4 Å². The van der Waals surface area contributed by atoms with Crippen LogP contribution in [-0.4, -0.2) is 15.1 Å². The maximum Gasteiger partial charge on any atom is 0.174 e. The van der Waals surface area contributed by atoms with Gasteiger partial charge < -0.3 is 18.9 Å². The van der Waals surface area contributed by atoms with Gasteiger partial charge in [-0.25, -0.2) is 4.98 Å². The Kier molecular flexibility index (Phi) is 5.84. The normalized spacial score (nSPS) is 11.5. The average Bonchev–Trinajstić information content (AvgIpc) is 3.44. The van der Waals surface area contributed by atoms with Crippen LogP contribution in [0.5, 0.6) is 0 Å². The molecule has 5 aromatic rings. The third-order valence-electron chi connectivity index (χ3n) is 5.23. The van der Waals surface area contributed by atoms with Crippen LogP contribution in [0.25, 0.3) is 33.6 Å². The summed E-state index contributed by atoms with van der Waals surface area (Å²) < 4.78 is 12.2. The highest BCUT2D eigenvalue weighted by molar-refractivity contribution is 6.31. The first-order chi connectivity index (χ1) is 14.5. The van der Waals surface area contributed by atoms with E-state index in [0.717, 1.165) is 44.7 Å².